The van der Waals surface area contributed by atoms with Crippen molar-refractivity contribution >= 4 is 124 Å². The van der Waals surface area contributed by atoms with E-state index in [2.05, 4.69) is 88.5 Å². The summed E-state index contributed by atoms with van der Waals surface area (Å²) >= 11 is 0. The van der Waals surface area contributed by atoms with Gasteiger partial charge in [-0.2, -0.15) is 19.9 Å². The van der Waals surface area contributed by atoms with Gasteiger partial charge < -0.3 is 93.4 Å². The number of phenolic OH excluding ortho intramolecular Hbond substituents is 3. The molecule has 147 heavy (non-hydrogen) atoms. The number of amides is 6. The second kappa shape index (κ2) is 43.9. The molecule has 22 rings (SSSR count). The van der Waals surface area contributed by atoms with Gasteiger partial charge in [0.15, 0.2) is 0 Å². The summed E-state index contributed by atoms with van der Waals surface area (Å²) in [6.45, 7) is 36.6. The Morgan fingerprint density at radius 2 is 0.898 bits per heavy atom. The van der Waals surface area contributed by atoms with Gasteiger partial charge in [-0.05, 0) is 161 Å². The van der Waals surface area contributed by atoms with E-state index in [1.54, 1.807) is 68.3 Å². The summed E-state index contributed by atoms with van der Waals surface area (Å²) in [4.78, 5) is 132. The second-order valence-electron chi connectivity index (χ2n) is 39.9. The number of benzene rings is 8. The molecule has 1 spiro atoms. The number of hydrogen-bond donors (Lipinski definition) is 3. The molecule has 31 nitrogen and oxygen atoms in total. The van der Waals surface area contributed by atoms with E-state index >= 15 is 0 Å². The van der Waals surface area contributed by atoms with Crippen molar-refractivity contribution in [3.05, 3.63) is 271 Å². The van der Waals surface area contributed by atoms with Crippen LogP contribution in [0.5, 0.6) is 29.3 Å². The number of pyridine rings is 2. The van der Waals surface area contributed by atoms with Gasteiger partial charge in [0.1, 0.15) is 35.0 Å². The molecule has 10 aliphatic heterocycles. The first-order valence-electron chi connectivity index (χ1n) is 50.9. The first-order chi connectivity index (χ1) is 71.2. The van der Waals surface area contributed by atoms with E-state index in [4.69, 9.17) is 29.4 Å². The Balaban J connectivity index is 0.000000124. The highest BCUT2D eigenvalue weighted by Crippen LogP contribution is 2.47. The first-order valence-corrected chi connectivity index (χ1v) is 50.9. The van der Waals surface area contributed by atoms with Gasteiger partial charge in [-0.1, -0.05) is 130 Å². The van der Waals surface area contributed by atoms with Gasteiger partial charge in [-0.3, -0.25) is 38.7 Å². The number of piperidine rings is 1. The number of phenols is 3. The Morgan fingerprint density at radius 3 is 1.40 bits per heavy atom. The SMILES string of the molecule is C=CC(=O)N1CC2(C1)CN(c1ccnc3c1CC(=O)N(c1cc(O)cc4ccccc14)C3)C2.C=CC(=O)N1CCN(c2ccnc3c2CC(=O)N(c2cc(O)cc4ccccc24)C3)CC1.C=CC(=O)N1CCN(c2nc(OCCCN3CCCCC3)nc3c2CCN(c2cc(C(F)F)cc4ccccc24)C3)CC1.C=CC(=O)N1CCN(c2nc(O[C@H](C)CN(C)C)nc3c2CCN(c2cc(O)cc4ccccc24)C3)[C@@H](C)C1. The highest BCUT2D eigenvalue weighted by molar-refractivity contribution is 6.08. The molecule has 3 N–H and O–H groups in total. The van der Waals surface area contributed by atoms with Gasteiger partial charge >= 0.3 is 12.0 Å². The smallest absolute Gasteiger partial charge is 0.318 e. The van der Waals surface area contributed by atoms with Crippen molar-refractivity contribution in [3.8, 4) is 29.3 Å². The van der Waals surface area contributed by atoms with Gasteiger partial charge in [0.25, 0.3) is 6.43 Å². The quantitative estimate of drug-likeness (QED) is 0.0419. The van der Waals surface area contributed by atoms with Gasteiger partial charge in [-0.25, -0.2) is 8.78 Å². The highest BCUT2D eigenvalue weighted by Gasteiger charge is 2.54. The van der Waals surface area contributed by atoms with Crippen LogP contribution in [0.15, 0.2) is 221 Å². The fraction of sp³-hybridized carbons (Fsp3) is 0.368. The minimum absolute atomic E-state index is 0.00543. The van der Waals surface area contributed by atoms with Gasteiger partial charge in [0.05, 0.1) is 79.8 Å². The van der Waals surface area contributed by atoms with Crippen LogP contribution in [0.1, 0.15) is 96.5 Å². The van der Waals surface area contributed by atoms with Crippen LogP contribution < -0.4 is 48.7 Å². The van der Waals surface area contributed by atoms with E-state index in [1.165, 1.54) is 43.6 Å². The predicted molar refractivity (Wildman–Crippen MR) is 570 cm³/mol. The topological polar surface area (TPSA) is 304 Å². The van der Waals surface area contributed by atoms with E-state index in [-0.39, 0.29) is 88.7 Å². The number of ether oxygens (including phenoxy) is 2. The van der Waals surface area contributed by atoms with E-state index in [9.17, 15) is 52.9 Å². The second-order valence-corrected chi connectivity index (χ2v) is 39.9. The maximum absolute atomic E-state index is 13.9. The van der Waals surface area contributed by atoms with Crippen molar-refractivity contribution in [1.29, 1.82) is 0 Å². The lowest BCUT2D eigenvalue weighted by Crippen LogP contribution is -2.73. The Hall–Kier alpha value is -15.4. The van der Waals surface area contributed by atoms with E-state index < -0.39 is 6.43 Å². The average molecular weight is 1990 g/mol. The molecular weight excluding hydrogens is 1860 g/mol. The molecule has 33 heteroatoms. The number of piperazine rings is 3. The minimum atomic E-state index is -2.55. The van der Waals surface area contributed by atoms with Crippen molar-refractivity contribution in [3.63, 3.8) is 0 Å². The number of aromatic nitrogens is 6. The zero-order valence-electron chi connectivity index (χ0n) is 83.9. The summed E-state index contributed by atoms with van der Waals surface area (Å²) in [5.74, 6) is 2.08. The van der Waals surface area contributed by atoms with E-state index in [0.29, 0.717) is 141 Å². The van der Waals surface area contributed by atoms with Crippen molar-refractivity contribution in [1.82, 2.24) is 59.3 Å². The molecule has 6 fully saturated rings. The number of nitrogens with zero attached hydrogens (tertiary/aromatic N) is 20. The maximum Gasteiger partial charge on any atom is 0.318 e. The summed E-state index contributed by atoms with van der Waals surface area (Å²) < 4.78 is 40.1. The fourth-order valence-corrected chi connectivity index (χ4v) is 22.5. The number of aromatic hydroxyl groups is 3. The van der Waals surface area contributed by atoms with Crippen LogP contribution >= 0.6 is 0 Å². The zero-order valence-corrected chi connectivity index (χ0v) is 83.9. The number of hydrogen-bond acceptors (Lipinski definition) is 25. The molecule has 10 aliphatic rings. The van der Waals surface area contributed by atoms with Crippen molar-refractivity contribution in [2.75, 3.05) is 197 Å². The molecule has 14 heterocycles. The number of likely N-dealkylation sites (tertiary alicyclic amines) is 2. The molecule has 4 aromatic heterocycles. The van der Waals surface area contributed by atoms with Gasteiger partial charge in [0, 0.05) is 239 Å². The molecule has 2 atom stereocenters. The van der Waals surface area contributed by atoms with Gasteiger partial charge in [-0.15, -0.1) is 0 Å². The Morgan fingerprint density at radius 1 is 0.456 bits per heavy atom. The number of rotatable bonds is 22. The number of carbonyl (C=O) groups is 6. The molecule has 0 unspecified atom stereocenters. The van der Waals surface area contributed by atoms with Crippen molar-refractivity contribution in [2.45, 2.75) is 110 Å². The molecule has 12 aromatic rings. The molecule has 6 amide bonds. The normalized spacial score (nSPS) is 17.8. The molecule has 0 aliphatic carbocycles. The number of likely N-dealkylation sites (N-methyl/N-ethyl adjacent to an activating group) is 1. The van der Waals surface area contributed by atoms with Crippen LogP contribution in [0.3, 0.4) is 0 Å². The van der Waals surface area contributed by atoms with Crippen LogP contribution in [0.4, 0.5) is 54.5 Å². The maximum atomic E-state index is 13.9. The van der Waals surface area contributed by atoms with E-state index in [0.717, 1.165) is 194 Å². The number of fused-ring (bicyclic) bond motifs is 8. The Labute approximate surface area is 854 Å². The van der Waals surface area contributed by atoms with Crippen LogP contribution in [-0.2, 0) is 80.6 Å². The lowest BCUT2D eigenvalue weighted by molar-refractivity contribution is -0.139. The molecule has 6 saturated heterocycles. The summed E-state index contributed by atoms with van der Waals surface area (Å²) in [5, 5.41) is 38.4. The van der Waals surface area contributed by atoms with Crippen LogP contribution in [0, 0.1) is 5.41 Å². The molecule has 0 radical (unpaired) electrons. The summed E-state index contributed by atoms with van der Waals surface area (Å²) in [5.41, 5.74) is 13.1. The zero-order chi connectivity index (χ0) is 102. The van der Waals surface area contributed by atoms with Crippen LogP contribution in [-0.4, -0.2) is 280 Å². The molecule has 0 saturated carbocycles. The molecule has 8 aromatic carbocycles. The number of halogens is 2. The molecule has 0 bridgehead atoms. The molecule has 762 valence electrons. The summed E-state index contributed by atoms with van der Waals surface area (Å²) in [6.07, 6.45) is 13.1. The third-order valence-corrected chi connectivity index (χ3v) is 29.7. The number of carbonyl (C=O) groups excluding carboxylic acids is 6. The highest BCUT2D eigenvalue weighted by atomic mass is 19.3. The first kappa shape index (κ1) is 100. The monoisotopic (exact) mass is 1990 g/mol. The van der Waals surface area contributed by atoms with Crippen molar-refractivity contribution < 1.29 is 62.3 Å². The Kier molecular flexibility index (Phi) is 29.9. The summed E-state index contributed by atoms with van der Waals surface area (Å²) in [7, 11) is 4.03. The Bertz CT molecular complexity index is 7030. The number of anilines is 8. The standard InChI is InChI=1S/C33H40F2N6O2.C30H38N6O3.C26H24N4O3.C25H24N4O3/c1-2-30(42)39-16-18-40(19-17-39)32-27-11-15-41(29-22-25(31(34)35)21-24-9-4-5-10-26(24)29)23-28(27)36-33(37-32)43-20-8-14-38-12-6-3-7-13-38;1-6-28(38)35-13-14-36(20(2)17-35)29-25-11-12-34(27-16-23(37)15-22-9-7-8-10-24(22)27)19-26(25)31-30(32-29)39-21(3)18-33(4)5;1-2-24(32)29-15-26(16-29)13-28(14-26)22-7-8-27-21-12-30(25(33)11-20(21)22)23-10-18(31)9-17-5-3-4-6-19(17)23;1-2-24(31)28-11-9-27(10-12-28)22-7-8-26-21-16-29(25(32)15-20(21)22)23-14-18(30)13-17-5-3-4-6-19(17)23/h2,4-5,9-10,21-22,31H,1,3,6-8,11-20,23H2;6-10,15-16,20-21,37H,1,11-14,17-19H2,2-5H3;2-10,31H,1,11-16H2;2-8,13-14,30H,1,9-12,15-16H2/t;20-,21+;;/m.0../s1. The minimum Gasteiger partial charge on any atom is -0.508 e. The third kappa shape index (κ3) is 21.8. The number of alkyl halides is 2. The fourth-order valence-electron chi connectivity index (χ4n) is 22.5. The van der Waals surface area contributed by atoms with Crippen LogP contribution in [0.25, 0.3) is 43.1 Å². The lowest BCUT2D eigenvalue weighted by atomic mass is 9.72. The van der Waals surface area contributed by atoms with Crippen molar-refractivity contribution in [2.24, 2.45) is 5.41 Å². The third-order valence-electron chi connectivity index (χ3n) is 29.7. The average Bonchev–Trinajstić information content (AvgIpc) is 0.721. The largest absolute Gasteiger partial charge is 0.508 e. The predicted octanol–water partition coefficient (Wildman–Crippen LogP) is 14.4. The van der Waals surface area contributed by atoms with Crippen LogP contribution in [0.2, 0.25) is 0 Å². The summed E-state index contributed by atoms with van der Waals surface area (Å²) in [6, 6.07) is 49.6. The molecular formula is C114H126F2N20O11. The lowest BCUT2D eigenvalue weighted by Gasteiger charge is -2.61. The van der Waals surface area contributed by atoms with Gasteiger partial charge in [0.2, 0.25) is 35.4 Å². The van der Waals surface area contributed by atoms with E-state index in [1.807, 2.05) is 146 Å².